The lowest BCUT2D eigenvalue weighted by atomic mass is 10.1. The molecule has 8 heteroatoms. The van der Waals surface area contributed by atoms with E-state index >= 15 is 0 Å². The molecule has 0 aliphatic carbocycles. The van der Waals surface area contributed by atoms with Gasteiger partial charge in [0.15, 0.2) is 16.6 Å². The van der Waals surface area contributed by atoms with Gasteiger partial charge in [-0.25, -0.2) is 0 Å². The molecule has 1 heterocycles. The molecule has 0 radical (unpaired) electrons. The molecule has 2 N–H and O–H groups in total. The Morgan fingerprint density at radius 3 is 2.59 bits per heavy atom. The van der Waals surface area contributed by atoms with Gasteiger partial charge in [-0.15, -0.1) is 10.2 Å². The van der Waals surface area contributed by atoms with Crippen LogP contribution >= 0.6 is 11.8 Å². The first kappa shape index (κ1) is 20.2. The number of benzene rings is 2. The summed E-state index contributed by atoms with van der Waals surface area (Å²) in [6, 6.07) is 16.2. The van der Waals surface area contributed by atoms with Gasteiger partial charge in [-0.3, -0.25) is 19.4 Å². The van der Waals surface area contributed by atoms with Crippen molar-refractivity contribution in [3.8, 4) is 0 Å². The van der Waals surface area contributed by atoms with E-state index in [-0.39, 0.29) is 33.9 Å². The normalized spacial score (nSPS) is 10.8. The van der Waals surface area contributed by atoms with Crippen LogP contribution in [0.15, 0.2) is 64.5 Å². The smallest absolute Gasteiger partial charge is 0.277 e. The standard InChI is InChI=1S/C21H18N4O3S/c1-14(26)16-8-5-9-17(12-16)22-19(27)13-29-21-23-20(28)18(24-25-21)11-10-15-6-3-2-4-7-15/h2-12H,13H2,1H3,(H,22,27)(H,23,25,28)/b11-10+. The van der Waals surface area contributed by atoms with Crippen molar-refractivity contribution in [3.05, 3.63) is 81.8 Å². The van der Waals surface area contributed by atoms with Crippen molar-refractivity contribution in [1.82, 2.24) is 15.2 Å². The van der Waals surface area contributed by atoms with Crippen molar-refractivity contribution >= 4 is 41.3 Å². The number of carbonyl (C=O) groups excluding carboxylic acids is 2. The number of rotatable bonds is 7. The van der Waals surface area contributed by atoms with Crippen molar-refractivity contribution in [3.63, 3.8) is 0 Å². The van der Waals surface area contributed by atoms with Crippen LogP contribution in [0.5, 0.6) is 0 Å². The fraction of sp³-hybridized carbons (Fsp3) is 0.0952. The average molecular weight is 406 g/mol. The summed E-state index contributed by atoms with van der Waals surface area (Å²) in [7, 11) is 0. The molecule has 0 aliphatic rings. The number of aromatic amines is 1. The fourth-order valence-electron chi connectivity index (χ4n) is 2.39. The Labute approximate surface area is 171 Å². The van der Waals surface area contributed by atoms with Gasteiger partial charge in [0.05, 0.1) is 5.75 Å². The molecule has 0 fully saturated rings. The Hall–Kier alpha value is -3.52. The minimum atomic E-state index is -0.385. The molecule has 0 aliphatic heterocycles. The highest BCUT2D eigenvalue weighted by atomic mass is 32.2. The number of ketones is 1. The molecule has 146 valence electrons. The molecule has 1 amide bonds. The summed E-state index contributed by atoms with van der Waals surface area (Å²) in [5, 5.41) is 10.8. The molecule has 0 saturated carbocycles. The minimum Gasteiger partial charge on any atom is -0.325 e. The van der Waals surface area contributed by atoms with Crippen LogP contribution in [0.2, 0.25) is 0 Å². The third kappa shape index (κ3) is 5.98. The summed E-state index contributed by atoms with van der Waals surface area (Å²) < 4.78 is 0. The van der Waals surface area contributed by atoms with E-state index in [9.17, 15) is 14.4 Å². The maximum Gasteiger partial charge on any atom is 0.277 e. The monoisotopic (exact) mass is 406 g/mol. The average Bonchev–Trinajstić information content (AvgIpc) is 2.72. The molecule has 3 aromatic rings. The summed E-state index contributed by atoms with van der Waals surface area (Å²) in [6.07, 6.45) is 3.36. The zero-order chi connectivity index (χ0) is 20.6. The van der Waals surface area contributed by atoms with E-state index in [2.05, 4.69) is 20.5 Å². The molecule has 0 unspecified atom stereocenters. The highest BCUT2D eigenvalue weighted by Crippen LogP contribution is 2.14. The van der Waals surface area contributed by atoms with Gasteiger partial charge in [-0.2, -0.15) is 0 Å². The van der Waals surface area contributed by atoms with Crippen LogP contribution in [0.3, 0.4) is 0 Å². The number of aromatic nitrogens is 3. The van der Waals surface area contributed by atoms with Crippen LogP contribution in [-0.2, 0) is 4.79 Å². The lowest BCUT2D eigenvalue weighted by molar-refractivity contribution is -0.113. The second kappa shape index (κ2) is 9.61. The maximum absolute atomic E-state index is 12.1. The quantitative estimate of drug-likeness (QED) is 0.461. The number of amides is 1. The number of Topliss-reactive ketones (excluding diaryl/α,β-unsaturated/α-hetero) is 1. The van der Waals surface area contributed by atoms with E-state index in [4.69, 9.17) is 0 Å². The van der Waals surface area contributed by atoms with Gasteiger partial charge in [0.25, 0.3) is 5.56 Å². The molecule has 2 aromatic carbocycles. The van der Waals surface area contributed by atoms with Gasteiger partial charge < -0.3 is 5.32 Å². The second-order valence-corrected chi connectivity index (χ2v) is 7.03. The van der Waals surface area contributed by atoms with Gasteiger partial charge >= 0.3 is 0 Å². The molecule has 0 atom stereocenters. The summed E-state index contributed by atoms with van der Waals surface area (Å²) in [5.74, 6) is -0.329. The van der Waals surface area contributed by atoms with Crippen LogP contribution in [0.4, 0.5) is 5.69 Å². The number of carbonyl (C=O) groups is 2. The van der Waals surface area contributed by atoms with Gasteiger partial charge in [0, 0.05) is 11.3 Å². The number of nitrogens with zero attached hydrogens (tertiary/aromatic N) is 2. The van der Waals surface area contributed by atoms with E-state index < -0.39 is 0 Å². The molecule has 3 rings (SSSR count). The molecule has 7 nitrogen and oxygen atoms in total. The minimum absolute atomic E-state index is 0.0358. The number of H-pyrrole nitrogens is 1. The predicted octanol–water partition coefficient (Wildman–Crippen LogP) is 3.27. The summed E-state index contributed by atoms with van der Waals surface area (Å²) in [5.41, 5.74) is 1.79. The number of hydrogen-bond donors (Lipinski definition) is 2. The Balaban J connectivity index is 1.58. The first-order chi connectivity index (χ1) is 14.0. The Bertz CT molecular complexity index is 1110. The third-order valence-corrected chi connectivity index (χ3v) is 4.69. The summed E-state index contributed by atoms with van der Waals surface area (Å²) in [4.78, 5) is 38.3. The number of anilines is 1. The van der Waals surface area contributed by atoms with Crippen molar-refractivity contribution < 1.29 is 9.59 Å². The van der Waals surface area contributed by atoms with Crippen molar-refractivity contribution in [1.29, 1.82) is 0 Å². The van der Waals surface area contributed by atoms with E-state index in [1.54, 1.807) is 36.4 Å². The Kier molecular flexibility index (Phi) is 6.70. The predicted molar refractivity (Wildman–Crippen MR) is 114 cm³/mol. The van der Waals surface area contributed by atoms with Gasteiger partial charge in [0.1, 0.15) is 0 Å². The first-order valence-corrected chi connectivity index (χ1v) is 9.73. The van der Waals surface area contributed by atoms with Crippen molar-refractivity contribution in [2.45, 2.75) is 12.1 Å². The highest BCUT2D eigenvalue weighted by molar-refractivity contribution is 7.99. The zero-order valence-electron chi connectivity index (χ0n) is 15.6. The van der Waals surface area contributed by atoms with Crippen LogP contribution in [-0.4, -0.2) is 32.6 Å². The summed E-state index contributed by atoms with van der Waals surface area (Å²) >= 11 is 1.06. The molecule has 29 heavy (non-hydrogen) atoms. The highest BCUT2D eigenvalue weighted by Gasteiger charge is 2.08. The fourth-order valence-corrected chi connectivity index (χ4v) is 2.99. The third-order valence-electron chi connectivity index (χ3n) is 3.83. The first-order valence-electron chi connectivity index (χ1n) is 8.75. The van der Waals surface area contributed by atoms with Crippen molar-refractivity contribution in [2.24, 2.45) is 0 Å². The van der Waals surface area contributed by atoms with Gasteiger partial charge in [-0.05, 0) is 30.7 Å². The Morgan fingerprint density at radius 1 is 1.07 bits per heavy atom. The zero-order valence-corrected chi connectivity index (χ0v) is 16.4. The second-order valence-electron chi connectivity index (χ2n) is 6.06. The molecule has 0 spiro atoms. The van der Waals surface area contributed by atoms with Gasteiger partial charge in [0.2, 0.25) is 5.91 Å². The Morgan fingerprint density at radius 2 is 1.86 bits per heavy atom. The van der Waals surface area contributed by atoms with Crippen LogP contribution in [0.25, 0.3) is 12.2 Å². The van der Waals surface area contributed by atoms with Crippen LogP contribution in [0.1, 0.15) is 28.5 Å². The lowest BCUT2D eigenvalue weighted by Gasteiger charge is -2.06. The molecular weight excluding hydrogens is 388 g/mol. The van der Waals surface area contributed by atoms with Gasteiger partial charge in [-0.1, -0.05) is 60.3 Å². The van der Waals surface area contributed by atoms with Crippen molar-refractivity contribution in [2.75, 3.05) is 11.1 Å². The molecule has 0 bridgehead atoms. The topological polar surface area (TPSA) is 105 Å². The SMILES string of the molecule is CC(=O)c1cccc(NC(=O)CSc2nnc(/C=C/c3ccccc3)c(=O)[nH]2)c1. The molecule has 0 saturated heterocycles. The molecule has 1 aromatic heterocycles. The van der Waals surface area contributed by atoms with Crippen LogP contribution in [0, 0.1) is 0 Å². The number of hydrogen-bond acceptors (Lipinski definition) is 6. The maximum atomic E-state index is 12.1. The molecular formula is C21H18N4O3S. The van der Waals surface area contributed by atoms with E-state index in [1.807, 2.05) is 30.3 Å². The number of nitrogens with one attached hydrogen (secondary N) is 2. The summed E-state index contributed by atoms with van der Waals surface area (Å²) in [6.45, 7) is 1.46. The van der Waals surface area contributed by atoms with E-state index in [0.717, 1.165) is 17.3 Å². The van der Waals surface area contributed by atoms with Crippen LogP contribution < -0.4 is 10.9 Å². The van der Waals surface area contributed by atoms with E-state index in [1.165, 1.54) is 6.92 Å². The number of thioether (sulfide) groups is 1. The lowest BCUT2D eigenvalue weighted by Crippen LogP contribution is -2.17. The van der Waals surface area contributed by atoms with E-state index in [0.29, 0.717) is 11.3 Å². The largest absolute Gasteiger partial charge is 0.325 e.